The van der Waals surface area contributed by atoms with E-state index in [0.29, 0.717) is 30.3 Å². The van der Waals surface area contributed by atoms with Gasteiger partial charge in [-0.25, -0.2) is 4.98 Å². The molecule has 0 radical (unpaired) electrons. The Kier molecular flexibility index (Phi) is 7.30. The zero-order valence-electron chi connectivity index (χ0n) is 25.4. The highest BCUT2D eigenvalue weighted by atomic mass is 16.5. The Bertz CT molecular complexity index is 1530. The normalized spacial score (nSPS) is 25.5. The van der Waals surface area contributed by atoms with Gasteiger partial charge in [0.1, 0.15) is 23.6 Å². The maximum absolute atomic E-state index is 13.8. The molecule has 1 amide bonds. The van der Waals surface area contributed by atoms with Gasteiger partial charge in [0.25, 0.3) is 5.91 Å². The molecule has 220 valence electrons. The molecule has 2 aromatic heterocycles. The molecular weight excluding hydrogens is 526 g/mol. The minimum Gasteiger partial charge on any atom is -0.490 e. The smallest absolute Gasteiger partial charge is 0.274 e. The molecule has 1 N–H and O–H groups in total. The standard InChI is InChI=1S/C33H41N7O2/c1-21-8-7-11-40(18-21)22(2)26-13-27(37-30-29(26)42-19-32(30,3)4)31(41)36-25-10-6-9-24(12-25)33(14-23(15-33)17-34)16-28-38-35-20-39(28)5/h6,9-10,12-13,20-23H,7-8,11,14-16,18-19H2,1-5H3,(H,36,41)/t21-,22?,23-,33-/m0/s1. The lowest BCUT2D eigenvalue weighted by atomic mass is 9.57. The third-order valence-corrected chi connectivity index (χ3v) is 9.63. The van der Waals surface area contributed by atoms with E-state index in [0.717, 1.165) is 54.3 Å². The summed E-state index contributed by atoms with van der Waals surface area (Å²) in [6, 6.07) is 12.5. The quantitative estimate of drug-likeness (QED) is 0.411. The Morgan fingerprint density at radius 1 is 1.29 bits per heavy atom. The van der Waals surface area contributed by atoms with E-state index >= 15 is 0 Å². The van der Waals surface area contributed by atoms with Crippen LogP contribution in [0.3, 0.4) is 0 Å². The third-order valence-electron chi connectivity index (χ3n) is 9.63. The summed E-state index contributed by atoms with van der Waals surface area (Å²) in [5, 5.41) is 21.0. The van der Waals surface area contributed by atoms with Crippen molar-refractivity contribution in [1.29, 1.82) is 5.26 Å². The van der Waals surface area contributed by atoms with Crippen LogP contribution < -0.4 is 10.1 Å². The van der Waals surface area contributed by atoms with Crippen molar-refractivity contribution in [2.45, 2.75) is 76.7 Å². The second-order valence-electron chi connectivity index (χ2n) is 13.4. The monoisotopic (exact) mass is 567 g/mol. The number of nitrogens with one attached hydrogen (secondary N) is 1. The van der Waals surface area contributed by atoms with Gasteiger partial charge >= 0.3 is 0 Å². The summed E-state index contributed by atoms with van der Waals surface area (Å²) in [6.45, 7) is 11.4. The average molecular weight is 568 g/mol. The Morgan fingerprint density at radius 2 is 2.10 bits per heavy atom. The van der Waals surface area contributed by atoms with E-state index < -0.39 is 0 Å². The van der Waals surface area contributed by atoms with Crippen molar-refractivity contribution in [2.75, 3.05) is 25.0 Å². The Hall–Kier alpha value is -3.77. The first-order valence-corrected chi connectivity index (χ1v) is 15.2. The van der Waals surface area contributed by atoms with Crippen molar-refractivity contribution >= 4 is 11.6 Å². The van der Waals surface area contributed by atoms with Gasteiger partial charge in [-0.05, 0) is 68.8 Å². The van der Waals surface area contributed by atoms with Crippen LogP contribution in [-0.2, 0) is 24.3 Å². The van der Waals surface area contributed by atoms with Gasteiger partial charge in [-0.1, -0.05) is 32.9 Å². The van der Waals surface area contributed by atoms with E-state index in [1.54, 1.807) is 6.33 Å². The zero-order valence-corrected chi connectivity index (χ0v) is 25.4. The molecular formula is C33H41N7O2. The fourth-order valence-corrected chi connectivity index (χ4v) is 7.03. The van der Waals surface area contributed by atoms with E-state index in [2.05, 4.69) is 60.2 Å². The highest BCUT2D eigenvalue weighted by molar-refractivity contribution is 6.03. The number of pyridine rings is 1. The molecule has 9 nitrogen and oxygen atoms in total. The number of carbonyl (C=O) groups is 1. The summed E-state index contributed by atoms with van der Waals surface area (Å²) in [4.78, 5) is 21.2. The topological polar surface area (TPSA) is 109 Å². The maximum Gasteiger partial charge on any atom is 0.274 e. The minimum absolute atomic E-state index is 0.0148. The number of aryl methyl sites for hydroxylation is 1. The molecule has 3 aromatic rings. The summed E-state index contributed by atoms with van der Waals surface area (Å²) >= 11 is 0. The predicted molar refractivity (Wildman–Crippen MR) is 160 cm³/mol. The molecule has 6 rings (SSSR count). The van der Waals surface area contributed by atoms with Crippen LogP contribution in [0.2, 0.25) is 0 Å². The molecule has 2 fully saturated rings. The number of nitriles is 1. The fraction of sp³-hybridized carbons (Fsp3) is 0.545. The van der Waals surface area contributed by atoms with Gasteiger partial charge in [-0.2, -0.15) is 5.26 Å². The molecule has 1 unspecified atom stereocenters. The largest absolute Gasteiger partial charge is 0.490 e. The lowest BCUT2D eigenvalue weighted by Crippen LogP contribution is -2.43. The second-order valence-corrected chi connectivity index (χ2v) is 13.4. The van der Waals surface area contributed by atoms with Crippen LogP contribution in [0.4, 0.5) is 5.69 Å². The number of nitrogens with zero attached hydrogens (tertiary/aromatic N) is 6. The number of amides is 1. The number of likely N-dealkylation sites (tertiary alicyclic amines) is 1. The van der Waals surface area contributed by atoms with Crippen LogP contribution in [-0.4, -0.2) is 50.3 Å². The van der Waals surface area contributed by atoms with E-state index in [9.17, 15) is 10.1 Å². The fourth-order valence-electron chi connectivity index (χ4n) is 7.03. The second kappa shape index (κ2) is 10.8. The van der Waals surface area contributed by atoms with Gasteiger partial charge in [-0.3, -0.25) is 9.69 Å². The lowest BCUT2D eigenvalue weighted by Gasteiger charge is -2.45. The first kappa shape index (κ1) is 28.4. The molecule has 1 saturated heterocycles. The highest BCUT2D eigenvalue weighted by Gasteiger charge is 2.46. The number of hydrogen-bond donors (Lipinski definition) is 1. The van der Waals surface area contributed by atoms with E-state index in [1.807, 2.05) is 35.9 Å². The van der Waals surface area contributed by atoms with Gasteiger partial charge in [0.15, 0.2) is 0 Å². The molecule has 3 aliphatic rings. The van der Waals surface area contributed by atoms with Crippen molar-refractivity contribution in [3.05, 3.63) is 65.0 Å². The SMILES string of the molecule is CC(c1cc(C(=O)Nc2cccc([C@]3(Cc4nncn4C)C[C@@H](C#N)C3)c2)nc2c1OCC2(C)C)N1CCC[C@H](C)C1. The molecule has 2 atom stereocenters. The molecule has 1 aromatic carbocycles. The lowest BCUT2D eigenvalue weighted by molar-refractivity contribution is 0.102. The number of carbonyl (C=O) groups excluding carboxylic acids is 1. The summed E-state index contributed by atoms with van der Waals surface area (Å²) < 4.78 is 8.15. The van der Waals surface area contributed by atoms with Crippen LogP contribution in [0, 0.1) is 23.2 Å². The van der Waals surface area contributed by atoms with Gasteiger partial charge in [0.2, 0.25) is 0 Å². The van der Waals surface area contributed by atoms with Crippen molar-refractivity contribution in [3.8, 4) is 11.8 Å². The van der Waals surface area contributed by atoms with Crippen molar-refractivity contribution in [2.24, 2.45) is 18.9 Å². The number of hydrogen-bond acceptors (Lipinski definition) is 7. The van der Waals surface area contributed by atoms with Gasteiger partial charge in [-0.15, -0.1) is 10.2 Å². The summed E-state index contributed by atoms with van der Waals surface area (Å²) in [5.74, 6) is 2.16. The molecule has 0 spiro atoms. The number of ether oxygens (including phenoxy) is 1. The number of rotatable bonds is 7. The van der Waals surface area contributed by atoms with Gasteiger partial charge in [0.05, 0.1) is 18.4 Å². The van der Waals surface area contributed by atoms with E-state index in [1.165, 1.54) is 12.8 Å². The first-order chi connectivity index (χ1) is 20.1. The predicted octanol–water partition coefficient (Wildman–Crippen LogP) is 5.34. The average Bonchev–Trinajstić information content (AvgIpc) is 3.50. The number of benzene rings is 1. The van der Waals surface area contributed by atoms with Gasteiger partial charge in [0, 0.05) is 54.1 Å². The Morgan fingerprint density at radius 3 is 2.81 bits per heavy atom. The Balaban J connectivity index is 1.29. The molecule has 1 aliphatic carbocycles. The van der Waals surface area contributed by atoms with E-state index in [-0.39, 0.29) is 28.7 Å². The van der Waals surface area contributed by atoms with Crippen molar-refractivity contribution in [1.82, 2.24) is 24.6 Å². The summed E-state index contributed by atoms with van der Waals surface area (Å²) in [6.07, 6.45) is 6.35. The highest BCUT2D eigenvalue weighted by Crippen LogP contribution is 2.50. The molecule has 1 saturated carbocycles. The van der Waals surface area contributed by atoms with Gasteiger partial charge < -0.3 is 14.6 Å². The van der Waals surface area contributed by atoms with Crippen LogP contribution in [0.25, 0.3) is 0 Å². The summed E-state index contributed by atoms with van der Waals surface area (Å²) in [5.41, 5.74) is 3.62. The Labute approximate surface area is 248 Å². The molecule has 0 bridgehead atoms. The van der Waals surface area contributed by atoms with E-state index in [4.69, 9.17) is 9.72 Å². The first-order valence-electron chi connectivity index (χ1n) is 15.2. The number of anilines is 1. The third kappa shape index (κ3) is 5.17. The number of fused-ring (bicyclic) bond motifs is 1. The summed E-state index contributed by atoms with van der Waals surface area (Å²) in [7, 11) is 1.94. The maximum atomic E-state index is 13.8. The molecule has 4 heterocycles. The van der Waals surface area contributed by atoms with Crippen LogP contribution in [0.5, 0.6) is 5.75 Å². The molecule has 42 heavy (non-hydrogen) atoms. The van der Waals surface area contributed by atoms with Crippen LogP contribution in [0.15, 0.2) is 36.7 Å². The number of piperidine rings is 1. The molecule has 2 aliphatic heterocycles. The van der Waals surface area contributed by atoms with Crippen molar-refractivity contribution in [3.63, 3.8) is 0 Å². The zero-order chi connectivity index (χ0) is 29.6. The number of aromatic nitrogens is 4. The van der Waals surface area contributed by atoms with Crippen LogP contribution >= 0.6 is 0 Å². The molecule has 9 heteroatoms. The minimum atomic E-state index is -0.275. The van der Waals surface area contributed by atoms with Crippen LogP contribution in [0.1, 0.15) is 92.6 Å². The van der Waals surface area contributed by atoms with Crippen molar-refractivity contribution < 1.29 is 9.53 Å².